The highest BCUT2D eigenvalue weighted by Crippen LogP contribution is 2.52. The van der Waals surface area contributed by atoms with Crippen molar-refractivity contribution >= 4 is 45.2 Å². The molecule has 50 heavy (non-hydrogen) atoms. The van der Waals surface area contributed by atoms with E-state index in [4.69, 9.17) is 34.6 Å². The fourth-order valence-electron chi connectivity index (χ4n) is 7.14. The van der Waals surface area contributed by atoms with Crippen LogP contribution in [0, 0.1) is 23.2 Å². The zero-order valence-electron chi connectivity index (χ0n) is 29.8. The third kappa shape index (κ3) is 8.31. The summed E-state index contributed by atoms with van der Waals surface area (Å²) in [7, 11) is 1.62. The number of aromatic nitrogens is 2. The van der Waals surface area contributed by atoms with Crippen molar-refractivity contribution in [2.75, 3.05) is 32.2 Å². The number of hydrogen-bond acceptors (Lipinski definition) is 11. The predicted molar refractivity (Wildman–Crippen MR) is 191 cm³/mol. The summed E-state index contributed by atoms with van der Waals surface area (Å²) in [6, 6.07) is 6.75. The lowest BCUT2D eigenvalue weighted by Gasteiger charge is -2.34. The highest BCUT2D eigenvalue weighted by molar-refractivity contribution is 7.14. The molecule has 3 aromatic rings. The van der Waals surface area contributed by atoms with Crippen molar-refractivity contribution in [3.05, 3.63) is 29.6 Å². The van der Waals surface area contributed by atoms with E-state index in [0.717, 1.165) is 23.4 Å². The molecule has 3 aliphatic rings. The average molecular weight is 708 g/mol. The number of carbonyl (C=O) groups excluding carboxylic acids is 3. The SMILES string of the molecule is COCCOc1ccc2c(O[C@@H]3C[C@@H](C(N)=O)N(C(=O)[C@@H](CC(=O)OC4C[C@@H]5C[C@@H]5C4)C(C)(C)C)C3)cc(-c3csc(NC(C)C)n3)nc2c1. The third-order valence-corrected chi connectivity index (χ3v) is 10.6. The van der Waals surface area contributed by atoms with Crippen LogP contribution in [0.3, 0.4) is 0 Å². The number of rotatable bonds is 14. The maximum absolute atomic E-state index is 14.2. The van der Waals surface area contributed by atoms with Crippen LogP contribution in [-0.2, 0) is 23.9 Å². The van der Waals surface area contributed by atoms with E-state index >= 15 is 0 Å². The summed E-state index contributed by atoms with van der Waals surface area (Å²) in [6.07, 6.45) is 2.59. The van der Waals surface area contributed by atoms with Gasteiger partial charge in [0.15, 0.2) is 5.13 Å². The number of fused-ring (bicyclic) bond motifs is 2. The summed E-state index contributed by atoms with van der Waals surface area (Å²) < 4.78 is 23.4. The van der Waals surface area contributed by atoms with E-state index in [2.05, 4.69) is 19.2 Å². The van der Waals surface area contributed by atoms with Gasteiger partial charge < -0.3 is 34.9 Å². The summed E-state index contributed by atoms with van der Waals surface area (Å²) in [5.41, 5.74) is 7.26. The number of primary amides is 1. The number of nitrogens with one attached hydrogen (secondary N) is 1. The van der Waals surface area contributed by atoms with Crippen LogP contribution in [0.25, 0.3) is 22.3 Å². The van der Waals surface area contributed by atoms with Gasteiger partial charge in [-0.3, -0.25) is 14.4 Å². The molecule has 1 saturated heterocycles. The van der Waals surface area contributed by atoms with Gasteiger partial charge in [-0.1, -0.05) is 20.8 Å². The van der Waals surface area contributed by atoms with Crippen LogP contribution in [0.5, 0.6) is 11.5 Å². The van der Waals surface area contributed by atoms with E-state index in [1.54, 1.807) is 7.11 Å². The molecule has 1 aliphatic heterocycles. The van der Waals surface area contributed by atoms with E-state index in [1.165, 1.54) is 22.7 Å². The fraction of sp³-hybridized carbons (Fsp3) is 0.595. The third-order valence-electron chi connectivity index (χ3n) is 9.86. The lowest BCUT2D eigenvalue weighted by atomic mass is 9.77. The molecule has 0 spiro atoms. The number of hydrogen-bond donors (Lipinski definition) is 2. The number of esters is 1. The van der Waals surface area contributed by atoms with Crippen molar-refractivity contribution in [1.29, 1.82) is 0 Å². The van der Waals surface area contributed by atoms with Gasteiger partial charge in [-0.05, 0) is 62.5 Å². The number of benzene rings is 1. The Morgan fingerprint density at radius 2 is 1.78 bits per heavy atom. The standard InChI is InChI=1S/C37H49N5O7S/c1-20(2)39-36-41-30(19-50-36)29-17-32(26-8-7-23(14-28(26)40-29)47-10-9-46-6)48-25-15-31(34(38)44)42(18-25)35(45)27(37(3,4)5)16-33(43)49-24-12-21-11-22(21)13-24/h7-8,14,17,19-22,24-25,27,31H,9-13,15-16,18H2,1-6H3,(H2,38,44)(H,39,41)/t21-,22+,24?,25-,27-,31+/m1/s1. The van der Waals surface area contributed by atoms with E-state index < -0.39 is 29.4 Å². The number of carbonyl (C=O) groups is 3. The molecule has 0 radical (unpaired) electrons. The van der Waals surface area contributed by atoms with Crippen molar-refractivity contribution in [3.8, 4) is 22.9 Å². The molecule has 0 bridgehead atoms. The van der Waals surface area contributed by atoms with Crippen LogP contribution in [-0.4, -0.2) is 83.8 Å². The molecular weight excluding hydrogens is 659 g/mol. The first kappa shape index (κ1) is 35.8. The molecule has 2 aromatic heterocycles. The molecule has 2 amide bonds. The van der Waals surface area contributed by atoms with Gasteiger partial charge in [0.2, 0.25) is 11.8 Å². The van der Waals surface area contributed by atoms with Crippen molar-refractivity contribution in [2.45, 2.75) is 91.0 Å². The van der Waals surface area contributed by atoms with Crippen molar-refractivity contribution < 1.29 is 33.3 Å². The van der Waals surface area contributed by atoms with Crippen LogP contribution in [0.4, 0.5) is 5.13 Å². The molecule has 2 aliphatic carbocycles. The Kier molecular flexibility index (Phi) is 10.5. The molecule has 1 aromatic carbocycles. The Hall–Kier alpha value is -3.97. The maximum atomic E-state index is 14.2. The Labute approximate surface area is 297 Å². The summed E-state index contributed by atoms with van der Waals surface area (Å²) in [5, 5.41) is 6.79. The lowest BCUT2D eigenvalue weighted by molar-refractivity contribution is -0.156. The van der Waals surface area contributed by atoms with Crippen molar-refractivity contribution in [3.63, 3.8) is 0 Å². The second kappa shape index (κ2) is 14.7. The molecule has 13 heteroatoms. The van der Waals surface area contributed by atoms with E-state index in [-0.39, 0.29) is 43.4 Å². The lowest BCUT2D eigenvalue weighted by Crippen LogP contribution is -2.49. The van der Waals surface area contributed by atoms with Gasteiger partial charge in [0.05, 0.1) is 36.7 Å². The smallest absolute Gasteiger partial charge is 0.306 e. The maximum Gasteiger partial charge on any atom is 0.306 e. The predicted octanol–water partition coefficient (Wildman–Crippen LogP) is 5.43. The number of likely N-dealkylation sites (tertiary alicyclic amines) is 1. The Morgan fingerprint density at radius 1 is 1.02 bits per heavy atom. The summed E-state index contributed by atoms with van der Waals surface area (Å²) in [5.74, 6) is 0.534. The van der Waals surface area contributed by atoms with Crippen LogP contribution < -0.4 is 20.5 Å². The quantitative estimate of drug-likeness (QED) is 0.164. The number of methoxy groups -OCH3 is 1. The minimum absolute atomic E-state index is 0.0594. The molecule has 3 heterocycles. The molecule has 6 atom stereocenters. The Bertz CT molecular complexity index is 1710. The highest BCUT2D eigenvalue weighted by Gasteiger charge is 2.48. The zero-order valence-corrected chi connectivity index (χ0v) is 30.6. The zero-order chi connectivity index (χ0) is 35.7. The normalized spacial score (nSPS) is 23.5. The molecule has 6 rings (SSSR count). The molecule has 1 unspecified atom stereocenters. The molecule has 270 valence electrons. The Balaban J connectivity index is 1.24. The second-order valence-electron chi connectivity index (χ2n) is 15.2. The van der Waals surface area contributed by atoms with Gasteiger partial charge in [0.25, 0.3) is 0 Å². The number of nitrogens with two attached hydrogens (primary N) is 1. The van der Waals surface area contributed by atoms with E-state index in [0.29, 0.717) is 53.5 Å². The van der Waals surface area contributed by atoms with Crippen molar-refractivity contribution in [2.24, 2.45) is 28.9 Å². The first-order valence-corrected chi connectivity index (χ1v) is 18.4. The molecule has 3 fully saturated rings. The van der Waals surface area contributed by atoms with E-state index in [1.807, 2.05) is 50.4 Å². The molecular formula is C37H49N5O7S. The minimum Gasteiger partial charge on any atom is -0.491 e. The number of ether oxygens (including phenoxy) is 4. The average Bonchev–Trinajstić information content (AvgIpc) is 3.38. The van der Waals surface area contributed by atoms with Gasteiger partial charge in [-0.15, -0.1) is 11.3 Å². The number of thiazole rings is 1. The highest BCUT2D eigenvalue weighted by atomic mass is 32.1. The monoisotopic (exact) mass is 707 g/mol. The summed E-state index contributed by atoms with van der Waals surface area (Å²) in [4.78, 5) is 51.3. The Morgan fingerprint density at radius 3 is 2.46 bits per heavy atom. The molecule has 12 nitrogen and oxygen atoms in total. The topological polar surface area (TPSA) is 155 Å². The van der Waals surface area contributed by atoms with Crippen LogP contribution >= 0.6 is 11.3 Å². The van der Waals surface area contributed by atoms with Crippen LogP contribution in [0.15, 0.2) is 29.6 Å². The number of nitrogens with zero attached hydrogens (tertiary/aromatic N) is 3. The minimum atomic E-state index is -0.883. The van der Waals surface area contributed by atoms with Crippen LogP contribution in [0.2, 0.25) is 0 Å². The number of anilines is 1. The number of amides is 2. The van der Waals surface area contributed by atoms with Crippen LogP contribution in [0.1, 0.15) is 66.7 Å². The van der Waals surface area contributed by atoms with E-state index in [9.17, 15) is 14.4 Å². The number of pyridine rings is 1. The van der Waals surface area contributed by atoms with Gasteiger partial charge in [0, 0.05) is 42.5 Å². The largest absolute Gasteiger partial charge is 0.491 e. The second-order valence-corrected chi connectivity index (χ2v) is 16.1. The van der Waals surface area contributed by atoms with Gasteiger partial charge in [-0.2, -0.15) is 0 Å². The summed E-state index contributed by atoms with van der Waals surface area (Å²) >= 11 is 1.49. The summed E-state index contributed by atoms with van der Waals surface area (Å²) in [6.45, 7) is 10.8. The van der Waals surface area contributed by atoms with Gasteiger partial charge >= 0.3 is 5.97 Å². The first-order valence-electron chi connectivity index (χ1n) is 17.5. The van der Waals surface area contributed by atoms with Gasteiger partial charge in [0.1, 0.15) is 42.0 Å². The van der Waals surface area contributed by atoms with Gasteiger partial charge in [-0.25, -0.2) is 9.97 Å². The fourth-order valence-corrected chi connectivity index (χ4v) is 7.99. The molecule has 2 saturated carbocycles. The molecule has 3 N–H and O–H groups in total. The van der Waals surface area contributed by atoms with Crippen molar-refractivity contribution in [1.82, 2.24) is 14.9 Å². The first-order chi connectivity index (χ1) is 23.8.